The molecule has 1 N–H and O–H groups in total. The van der Waals surface area contributed by atoms with Gasteiger partial charge in [-0.2, -0.15) is 0 Å². The van der Waals surface area contributed by atoms with Crippen molar-refractivity contribution in [3.63, 3.8) is 0 Å². The minimum absolute atomic E-state index is 0.0758. The monoisotopic (exact) mass is 488 g/mol. The average Bonchev–Trinajstić information content (AvgIpc) is 2.77. The molecule has 1 aliphatic carbocycles. The van der Waals surface area contributed by atoms with Crippen molar-refractivity contribution in [3.05, 3.63) is 94.0 Å². The van der Waals surface area contributed by atoms with Gasteiger partial charge in [0.25, 0.3) is 10.0 Å². The van der Waals surface area contributed by atoms with Gasteiger partial charge in [0.2, 0.25) is 5.91 Å². The predicted molar refractivity (Wildman–Crippen MR) is 128 cm³/mol. The molecule has 1 atom stereocenters. The first-order valence-electron chi connectivity index (χ1n) is 10.3. The van der Waals surface area contributed by atoms with E-state index in [1.165, 1.54) is 35.9 Å². The maximum Gasteiger partial charge on any atom is 0.264 e. The molecule has 0 unspecified atom stereocenters. The topological polar surface area (TPSA) is 66.5 Å². The van der Waals surface area contributed by atoms with Crippen LogP contribution in [0.3, 0.4) is 0 Å². The van der Waals surface area contributed by atoms with E-state index in [2.05, 4.69) is 11.4 Å². The maximum absolute atomic E-state index is 13.4. The minimum Gasteiger partial charge on any atom is -0.348 e. The van der Waals surface area contributed by atoms with Crippen LogP contribution in [0.5, 0.6) is 0 Å². The average molecular weight is 489 g/mol. The van der Waals surface area contributed by atoms with Gasteiger partial charge >= 0.3 is 0 Å². The number of carbonyl (C=O) groups is 1. The zero-order valence-corrected chi connectivity index (χ0v) is 19.5. The number of amides is 1. The minimum atomic E-state index is -4.03. The molecule has 3 aromatic carbocycles. The number of sulfonamides is 1. The highest BCUT2D eigenvalue weighted by Crippen LogP contribution is 2.31. The van der Waals surface area contributed by atoms with E-state index in [0.29, 0.717) is 0 Å². The predicted octanol–water partition coefficient (Wildman–Crippen LogP) is 5.38. The molecule has 0 radical (unpaired) electrons. The molecule has 0 aromatic heterocycles. The highest BCUT2D eigenvalue weighted by Gasteiger charge is 2.29. The van der Waals surface area contributed by atoms with Gasteiger partial charge in [0.05, 0.1) is 16.6 Å². The lowest BCUT2D eigenvalue weighted by atomic mass is 9.88. The number of hydrogen-bond acceptors (Lipinski definition) is 3. The molecule has 0 saturated carbocycles. The van der Waals surface area contributed by atoms with Crippen molar-refractivity contribution in [1.82, 2.24) is 5.32 Å². The molecule has 1 aliphatic rings. The van der Waals surface area contributed by atoms with Gasteiger partial charge in [-0.15, -0.1) is 0 Å². The number of halogens is 2. The highest BCUT2D eigenvalue weighted by molar-refractivity contribution is 7.92. The normalized spacial score (nSPS) is 15.6. The van der Waals surface area contributed by atoms with Crippen molar-refractivity contribution in [2.24, 2.45) is 0 Å². The van der Waals surface area contributed by atoms with Gasteiger partial charge in [0, 0.05) is 10.0 Å². The smallest absolute Gasteiger partial charge is 0.264 e. The SMILES string of the molecule is O=C(CN(c1cc(Cl)cc(Cl)c1)S(=O)(=O)c1ccccc1)N[C@@H]1CCCc2ccccc21. The number of aryl methyl sites for hydroxylation is 1. The van der Waals surface area contributed by atoms with Gasteiger partial charge in [0.15, 0.2) is 0 Å². The van der Waals surface area contributed by atoms with E-state index in [4.69, 9.17) is 23.2 Å². The molecule has 5 nitrogen and oxygen atoms in total. The molecule has 0 saturated heterocycles. The van der Waals surface area contributed by atoms with Gasteiger partial charge in [-0.25, -0.2) is 8.42 Å². The molecule has 0 bridgehead atoms. The number of fused-ring (bicyclic) bond motifs is 1. The van der Waals surface area contributed by atoms with Crippen LogP contribution in [-0.2, 0) is 21.2 Å². The lowest BCUT2D eigenvalue weighted by molar-refractivity contribution is -0.120. The van der Waals surface area contributed by atoms with Gasteiger partial charge in [-0.05, 0) is 60.7 Å². The summed E-state index contributed by atoms with van der Waals surface area (Å²) in [6.07, 6.45) is 2.73. The Hall–Kier alpha value is -2.54. The summed E-state index contributed by atoms with van der Waals surface area (Å²) >= 11 is 12.3. The van der Waals surface area contributed by atoms with Crippen LogP contribution in [-0.4, -0.2) is 20.9 Å². The summed E-state index contributed by atoms with van der Waals surface area (Å²) in [6, 6.07) is 20.3. The Morgan fingerprint density at radius 1 is 0.969 bits per heavy atom. The molecule has 0 fully saturated rings. The largest absolute Gasteiger partial charge is 0.348 e. The zero-order valence-electron chi connectivity index (χ0n) is 17.2. The summed E-state index contributed by atoms with van der Waals surface area (Å²) in [4.78, 5) is 13.1. The van der Waals surface area contributed by atoms with Crippen LogP contribution in [0.1, 0.15) is 30.0 Å². The van der Waals surface area contributed by atoms with E-state index in [1.54, 1.807) is 18.2 Å². The lowest BCUT2D eigenvalue weighted by Gasteiger charge is -2.29. The second-order valence-corrected chi connectivity index (χ2v) is 10.4. The van der Waals surface area contributed by atoms with Crippen LogP contribution in [0, 0.1) is 0 Å². The molecule has 0 heterocycles. The van der Waals surface area contributed by atoms with Crippen LogP contribution in [0.4, 0.5) is 5.69 Å². The molecule has 4 rings (SSSR count). The number of benzene rings is 3. The number of nitrogens with zero attached hydrogens (tertiary/aromatic N) is 1. The quantitative estimate of drug-likeness (QED) is 0.506. The van der Waals surface area contributed by atoms with E-state index in [0.717, 1.165) is 29.1 Å². The van der Waals surface area contributed by atoms with Crippen LogP contribution >= 0.6 is 23.2 Å². The van der Waals surface area contributed by atoms with Crippen LogP contribution in [0.15, 0.2) is 77.7 Å². The van der Waals surface area contributed by atoms with Gasteiger partial charge in [0.1, 0.15) is 6.54 Å². The Kier molecular flexibility index (Phi) is 6.74. The van der Waals surface area contributed by atoms with E-state index in [1.807, 2.05) is 18.2 Å². The fraction of sp³-hybridized carbons (Fsp3) is 0.208. The van der Waals surface area contributed by atoms with Gasteiger partial charge < -0.3 is 5.32 Å². The van der Waals surface area contributed by atoms with E-state index in [-0.39, 0.29) is 26.7 Å². The molecule has 0 aliphatic heterocycles. The molecular formula is C24H22Cl2N2O3S. The number of hydrogen-bond donors (Lipinski definition) is 1. The molecule has 1 amide bonds. The van der Waals surface area contributed by atoms with Gasteiger partial charge in [-0.3, -0.25) is 9.10 Å². The number of carbonyl (C=O) groups excluding carboxylic acids is 1. The summed E-state index contributed by atoms with van der Waals surface area (Å²) in [5, 5.41) is 3.58. The van der Waals surface area contributed by atoms with Crippen LogP contribution < -0.4 is 9.62 Å². The molecule has 3 aromatic rings. The first-order chi connectivity index (χ1) is 15.3. The van der Waals surface area contributed by atoms with E-state index >= 15 is 0 Å². The van der Waals surface area contributed by atoms with Gasteiger partial charge in [-0.1, -0.05) is 65.7 Å². The van der Waals surface area contributed by atoms with Crippen molar-refractivity contribution in [2.45, 2.75) is 30.2 Å². The zero-order chi connectivity index (χ0) is 22.7. The summed E-state index contributed by atoms with van der Waals surface area (Å²) in [7, 11) is -4.03. The van der Waals surface area contributed by atoms with E-state index < -0.39 is 22.5 Å². The Bertz CT molecular complexity index is 1210. The van der Waals surface area contributed by atoms with Crippen molar-refractivity contribution in [1.29, 1.82) is 0 Å². The van der Waals surface area contributed by atoms with Crippen molar-refractivity contribution in [3.8, 4) is 0 Å². The summed E-state index contributed by atoms with van der Waals surface area (Å²) in [5.41, 5.74) is 2.51. The third-order valence-corrected chi connectivity index (χ3v) is 7.68. The Labute approximate surface area is 198 Å². The molecular weight excluding hydrogens is 467 g/mol. The van der Waals surface area contributed by atoms with Crippen LogP contribution in [0.2, 0.25) is 10.0 Å². The van der Waals surface area contributed by atoms with E-state index in [9.17, 15) is 13.2 Å². The summed E-state index contributed by atoms with van der Waals surface area (Å²) in [6.45, 7) is -0.396. The number of rotatable bonds is 6. The highest BCUT2D eigenvalue weighted by atomic mass is 35.5. The standard InChI is InChI=1S/C24H22Cl2N2O3S/c25-18-13-19(26)15-20(14-18)28(32(30,31)21-9-2-1-3-10-21)16-24(29)27-23-12-6-8-17-7-4-5-11-22(17)23/h1-5,7,9-11,13-15,23H,6,8,12,16H2,(H,27,29)/t23-/m1/s1. The second-order valence-electron chi connectivity index (χ2n) is 7.66. The summed E-state index contributed by atoms with van der Waals surface area (Å²) < 4.78 is 27.9. The fourth-order valence-corrected chi connectivity index (χ4v) is 5.93. The van der Waals surface area contributed by atoms with Crippen LogP contribution in [0.25, 0.3) is 0 Å². The first-order valence-corrected chi connectivity index (χ1v) is 12.5. The fourth-order valence-electron chi connectivity index (χ4n) is 3.99. The van der Waals surface area contributed by atoms with Crippen molar-refractivity contribution < 1.29 is 13.2 Å². The second kappa shape index (κ2) is 9.53. The molecule has 8 heteroatoms. The number of anilines is 1. The third kappa shape index (κ3) is 4.93. The number of nitrogens with one attached hydrogen (secondary N) is 1. The van der Waals surface area contributed by atoms with Crippen molar-refractivity contribution >= 4 is 44.8 Å². The Morgan fingerprint density at radius 2 is 1.62 bits per heavy atom. The Morgan fingerprint density at radius 3 is 2.34 bits per heavy atom. The molecule has 166 valence electrons. The third-order valence-electron chi connectivity index (χ3n) is 5.46. The van der Waals surface area contributed by atoms with Crippen molar-refractivity contribution in [2.75, 3.05) is 10.8 Å². The lowest BCUT2D eigenvalue weighted by Crippen LogP contribution is -2.42. The first kappa shape index (κ1) is 22.6. The molecule has 0 spiro atoms. The molecule has 32 heavy (non-hydrogen) atoms. The maximum atomic E-state index is 13.4. The Balaban J connectivity index is 1.65. The summed E-state index contributed by atoms with van der Waals surface area (Å²) in [5.74, 6) is -0.401.